The molecule has 0 saturated carbocycles. The van der Waals surface area contributed by atoms with E-state index in [-0.39, 0.29) is 23.4 Å². The van der Waals surface area contributed by atoms with Gasteiger partial charge in [-0.2, -0.15) is 0 Å². The summed E-state index contributed by atoms with van der Waals surface area (Å²) in [5.74, 6) is 0.0141. The van der Waals surface area contributed by atoms with Crippen LogP contribution in [0.4, 0.5) is 0 Å². The highest BCUT2D eigenvalue weighted by molar-refractivity contribution is 5.78. The first-order chi connectivity index (χ1) is 15.9. The maximum atomic E-state index is 13.4. The summed E-state index contributed by atoms with van der Waals surface area (Å²) < 4.78 is 1.58. The van der Waals surface area contributed by atoms with Gasteiger partial charge in [0, 0.05) is 31.5 Å². The monoisotopic (exact) mass is 447 g/mol. The maximum Gasteiger partial charge on any atom is 0.277 e. The average Bonchev–Trinajstić information content (AvgIpc) is 3.24. The summed E-state index contributed by atoms with van der Waals surface area (Å²) >= 11 is 0. The van der Waals surface area contributed by atoms with Crippen molar-refractivity contribution >= 4 is 11.6 Å². The number of H-pyrrole nitrogens is 1. The number of piperidine rings is 1. The summed E-state index contributed by atoms with van der Waals surface area (Å²) in [6.07, 6.45) is 4.05. The minimum absolute atomic E-state index is 0.0751. The smallest absolute Gasteiger partial charge is 0.277 e. The van der Waals surface area contributed by atoms with Crippen LogP contribution < -0.4 is 5.56 Å². The number of carbonyl (C=O) groups is 1. The summed E-state index contributed by atoms with van der Waals surface area (Å²) in [4.78, 5) is 35.0. The fourth-order valence-electron chi connectivity index (χ4n) is 5.18. The number of nitrogens with zero attached hydrogens (tertiary/aromatic N) is 4. The largest absolute Gasteiger partial charge is 0.337 e. The third kappa shape index (κ3) is 4.22. The lowest BCUT2D eigenvalue weighted by Crippen LogP contribution is -2.41. The molecule has 7 heteroatoms. The molecule has 2 aliphatic rings. The van der Waals surface area contributed by atoms with E-state index < -0.39 is 0 Å². The lowest BCUT2D eigenvalue weighted by Gasteiger charge is -2.35. The molecule has 1 atom stereocenters. The number of hydrogen-bond acceptors (Lipinski definition) is 4. The van der Waals surface area contributed by atoms with Crippen LogP contribution in [0.3, 0.4) is 0 Å². The average molecular weight is 448 g/mol. The molecule has 0 aliphatic carbocycles. The van der Waals surface area contributed by atoms with Crippen molar-refractivity contribution in [3.05, 3.63) is 68.8 Å². The summed E-state index contributed by atoms with van der Waals surface area (Å²) in [5.41, 5.74) is 5.70. The molecule has 2 aromatic heterocycles. The zero-order valence-corrected chi connectivity index (χ0v) is 19.8. The quantitative estimate of drug-likeness (QED) is 0.663. The number of likely N-dealkylation sites (tertiary alicyclic amines) is 1. The van der Waals surface area contributed by atoms with Crippen LogP contribution in [-0.2, 0) is 24.3 Å². The predicted molar refractivity (Wildman–Crippen MR) is 128 cm³/mol. The van der Waals surface area contributed by atoms with Gasteiger partial charge in [0.15, 0.2) is 5.65 Å². The molecule has 0 bridgehead atoms. The zero-order valence-electron chi connectivity index (χ0n) is 19.8. The van der Waals surface area contributed by atoms with Crippen molar-refractivity contribution < 1.29 is 4.79 Å². The Morgan fingerprint density at radius 2 is 1.97 bits per heavy atom. The van der Waals surface area contributed by atoms with Crippen LogP contribution in [-0.4, -0.2) is 43.4 Å². The second-order valence-corrected chi connectivity index (χ2v) is 9.88. The van der Waals surface area contributed by atoms with Gasteiger partial charge in [0.05, 0.1) is 29.5 Å². The number of amides is 1. The summed E-state index contributed by atoms with van der Waals surface area (Å²) in [6.45, 7) is 8.81. The molecule has 1 aromatic carbocycles. The molecule has 2 aliphatic heterocycles. The number of nitrogens with one attached hydrogen (secondary N) is 1. The van der Waals surface area contributed by atoms with Crippen LogP contribution in [0.2, 0.25) is 0 Å². The first-order valence-electron chi connectivity index (χ1n) is 12.1. The highest BCUT2D eigenvalue weighted by Crippen LogP contribution is 2.32. The molecule has 4 heterocycles. The molecular weight excluding hydrogens is 414 g/mol. The van der Waals surface area contributed by atoms with E-state index in [1.165, 1.54) is 24.0 Å². The number of rotatable bonds is 4. The van der Waals surface area contributed by atoms with E-state index in [2.05, 4.69) is 41.2 Å². The van der Waals surface area contributed by atoms with Gasteiger partial charge in [-0.15, -0.1) is 0 Å². The van der Waals surface area contributed by atoms with E-state index in [1.54, 1.807) is 9.42 Å². The number of benzene rings is 1. The van der Waals surface area contributed by atoms with Gasteiger partial charge in [-0.25, -0.2) is 9.50 Å². The minimum atomic E-state index is -0.0802. The van der Waals surface area contributed by atoms with E-state index in [4.69, 9.17) is 4.98 Å². The Bertz CT molecular complexity index is 1220. The van der Waals surface area contributed by atoms with E-state index in [0.717, 1.165) is 30.9 Å². The normalized spacial score (nSPS) is 19.3. The Hall–Kier alpha value is -2.93. The number of fused-ring (bicyclic) bond motifs is 2. The van der Waals surface area contributed by atoms with E-state index >= 15 is 0 Å². The number of carbonyl (C=O) groups excluding carboxylic acids is 1. The number of hydrogen-bond donors (Lipinski definition) is 1. The standard InChI is InChI=1S/C26H33N5O2/c1-17(2)25(32)30-13-11-21-20(16-30)26(33)31-24(27-21)14-22(28-31)23-6-4-5-12-29(23)15-19-9-7-18(3)8-10-19/h7-10,14,17,23,28H,4-6,11-13,15-16H2,1-3H3. The van der Waals surface area contributed by atoms with Gasteiger partial charge in [-0.05, 0) is 31.9 Å². The Morgan fingerprint density at radius 3 is 2.73 bits per heavy atom. The molecule has 1 N–H and O–H groups in total. The number of aromatic amines is 1. The predicted octanol–water partition coefficient (Wildman–Crippen LogP) is 3.60. The Kier molecular flexibility index (Phi) is 5.83. The number of aryl methyl sites for hydroxylation is 1. The van der Waals surface area contributed by atoms with Gasteiger partial charge in [-0.3, -0.25) is 19.6 Å². The topological polar surface area (TPSA) is 73.7 Å². The van der Waals surface area contributed by atoms with Crippen molar-refractivity contribution in [1.29, 1.82) is 0 Å². The molecule has 3 aromatic rings. The van der Waals surface area contributed by atoms with E-state index in [1.807, 2.05) is 19.9 Å². The van der Waals surface area contributed by atoms with Gasteiger partial charge >= 0.3 is 0 Å². The fraction of sp³-hybridized carbons (Fsp3) is 0.500. The molecule has 1 fully saturated rings. The van der Waals surface area contributed by atoms with Crippen molar-refractivity contribution in [2.24, 2.45) is 5.92 Å². The van der Waals surface area contributed by atoms with Crippen LogP contribution in [0.5, 0.6) is 0 Å². The SMILES string of the molecule is Cc1ccc(CN2CCCCC2c2cc3nc4c(c(=O)n3[nH]2)CN(C(=O)C(C)C)CC4)cc1. The van der Waals surface area contributed by atoms with Crippen molar-refractivity contribution in [1.82, 2.24) is 24.4 Å². The third-order valence-electron chi connectivity index (χ3n) is 7.07. The summed E-state index contributed by atoms with van der Waals surface area (Å²) in [5, 5.41) is 3.37. The highest BCUT2D eigenvalue weighted by atomic mass is 16.2. The van der Waals surface area contributed by atoms with Gasteiger partial charge in [0.25, 0.3) is 5.56 Å². The van der Waals surface area contributed by atoms with Crippen molar-refractivity contribution in [2.75, 3.05) is 13.1 Å². The first kappa shape index (κ1) is 21.9. The fourth-order valence-corrected chi connectivity index (χ4v) is 5.18. The zero-order chi connectivity index (χ0) is 23.1. The molecule has 1 saturated heterocycles. The van der Waals surface area contributed by atoms with Crippen molar-refractivity contribution in [3.63, 3.8) is 0 Å². The van der Waals surface area contributed by atoms with Crippen molar-refractivity contribution in [2.45, 2.75) is 65.6 Å². The molecule has 174 valence electrons. The number of aromatic nitrogens is 3. The molecule has 33 heavy (non-hydrogen) atoms. The Labute approximate surface area is 194 Å². The second-order valence-electron chi connectivity index (χ2n) is 9.88. The maximum absolute atomic E-state index is 13.4. The first-order valence-corrected chi connectivity index (χ1v) is 12.1. The third-order valence-corrected chi connectivity index (χ3v) is 7.07. The molecule has 0 radical (unpaired) electrons. The highest BCUT2D eigenvalue weighted by Gasteiger charge is 2.29. The Morgan fingerprint density at radius 1 is 1.18 bits per heavy atom. The van der Waals surface area contributed by atoms with E-state index in [0.29, 0.717) is 30.7 Å². The lowest BCUT2D eigenvalue weighted by molar-refractivity contribution is -0.135. The summed E-state index contributed by atoms with van der Waals surface area (Å²) in [7, 11) is 0. The molecule has 5 rings (SSSR count). The lowest BCUT2D eigenvalue weighted by atomic mass is 9.98. The molecule has 1 amide bonds. The Balaban J connectivity index is 1.45. The molecule has 7 nitrogen and oxygen atoms in total. The molecule has 1 unspecified atom stereocenters. The van der Waals surface area contributed by atoms with Gasteiger partial charge in [0.1, 0.15) is 0 Å². The van der Waals surface area contributed by atoms with Crippen LogP contribution in [0.25, 0.3) is 5.65 Å². The van der Waals surface area contributed by atoms with Crippen LogP contribution in [0.15, 0.2) is 35.1 Å². The minimum Gasteiger partial charge on any atom is -0.337 e. The van der Waals surface area contributed by atoms with Crippen LogP contribution in [0.1, 0.15) is 67.2 Å². The van der Waals surface area contributed by atoms with E-state index in [9.17, 15) is 9.59 Å². The van der Waals surface area contributed by atoms with Gasteiger partial charge in [-0.1, -0.05) is 50.1 Å². The van der Waals surface area contributed by atoms with Crippen LogP contribution in [0, 0.1) is 12.8 Å². The molecule has 0 spiro atoms. The van der Waals surface area contributed by atoms with Gasteiger partial charge < -0.3 is 4.90 Å². The summed E-state index contributed by atoms with van der Waals surface area (Å²) in [6, 6.07) is 11.0. The van der Waals surface area contributed by atoms with Gasteiger partial charge in [0.2, 0.25) is 5.91 Å². The second kappa shape index (κ2) is 8.78. The van der Waals surface area contributed by atoms with Crippen molar-refractivity contribution in [3.8, 4) is 0 Å². The molecular formula is C26H33N5O2. The van der Waals surface area contributed by atoms with Crippen LogP contribution >= 0.6 is 0 Å².